The van der Waals surface area contributed by atoms with Gasteiger partial charge in [0.05, 0.1) is 25.2 Å². The van der Waals surface area contributed by atoms with Crippen LogP contribution in [0, 0.1) is 0 Å². The monoisotopic (exact) mass is 526 g/mol. The van der Waals surface area contributed by atoms with Gasteiger partial charge in [-0.15, -0.1) is 10.2 Å². The SMILES string of the molecule is COc1cc(C2CC2OS(=O)(=O)O)c(OC)cc1N=Nc1c(S(O)(O)O)cc2ccccc2c1O. The van der Waals surface area contributed by atoms with Crippen molar-refractivity contribution in [3.63, 3.8) is 0 Å². The fourth-order valence-electron chi connectivity index (χ4n) is 3.74. The van der Waals surface area contributed by atoms with E-state index in [1.54, 1.807) is 30.3 Å². The zero-order chi connectivity index (χ0) is 25.5. The molecule has 1 aliphatic rings. The van der Waals surface area contributed by atoms with Crippen LogP contribution in [0.3, 0.4) is 0 Å². The van der Waals surface area contributed by atoms with Gasteiger partial charge in [0.2, 0.25) is 0 Å². The molecule has 3 aromatic rings. The van der Waals surface area contributed by atoms with Crippen molar-refractivity contribution in [2.24, 2.45) is 10.2 Å². The number of rotatable bonds is 8. The highest BCUT2D eigenvalue weighted by Gasteiger charge is 2.44. The molecule has 35 heavy (non-hydrogen) atoms. The Labute approximate surface area is 201 Å². The van der Waals surface area contributed by atoms with E-state index in [0.717, 1.165) is 0 Å². The van der Waals surface area contributed by atoms with Crippen molar-refractivity contribution in [3.8, 4) is 17.2 Å². The minimum absolute atomic E-state index is 0.133. The Kier molecular flexibility index (Phi) is 6.63. The molecule has 1 aliphatic carbocycles. The first-order chi connectivity index (χ1) is 16.4. The number of benzene rings is 3. The first kappa shape index (κ1) is 25.1. The average molecular weight is 527 g/mol. The molecule has 2 unspecified atom stereocenters. The van der Waals surface area contributed by atoms with E-state index in [2.05, 4.69) is 14.4 Å². The van der Waals surface area contributed by atoms with Crippen LogP contribution in [0.2, 0.25) is 0 Å². The number of azo groups is 1. The highest BCUT2D eigenvalue weighted by atomic mass is 32.3. The van der Waals surface area contributed by atoms with Crippen LogP contribution in [0.4, 0.5) is 11.4 Å². The van der Waals surface area contributed by atoms with Gasteiger partial charge in [0, 0.05) is 22.9 Å². The Bertz CT molecular complexity index is 1420. The molecule has 1 fully saturated rings. The summed E-state index contributed by atoms with van der Waals surface area (Å²) in [5, 5.41) is 19.6. The van der Waals surface area contributed by atoms with Crippen molar-refractivity contribution in [3.05, 3.63) is 48.0 Å². The lowest BCUT2D eigenvalue weighted by Crippen LogP contribution is -2.07. The molecule has 0 aromatic heterocycles. The third kappa shape index (κ3) is 5.33. The Morgan fingerprint density at radius 3 is 2.26 bits per heavy atom. The van der Waals surface area contributed by atoms with Crippen LogP contribution in [-0.4, -0.2) is 52.1 Å². The van der Waals surface area contributed by atoms with Crippen molar-refractivity contribution in [2.45, 2.75) is 23.3 Å². The van der Waals surface area contributed by atoms with Gasteiger partial charge in [-0.1, -0.05) is 24.3 Å². The van der Waals surface area contributed by atoms with E-state index in [-0.39, 0.29) is 23.0 Å². The molecular formula is C21H22N2O10S2. The number of aromatic hydroxyl groups is 1. The van der Waals surface area contributed by atoms with E-state index in [0.29, 0.717) is 28.5 Å². The van der Waals surface area contributed by atoms with Crippen LogP contribution < -0.4 is 9.47 Å². The minimum atomic E-state index is -4.61. The van der Waals surface area contributed by atoms with Gasteiger partial charge in [0.25, 0.3) is 0 Å². The molecule has 4 rings (SSSR count). The molecule has 0 saturated heterocycles. The number of nitrogens with zero attached hydrogens (tertiary/aromatic N) is 2. The lowest BCUT2D eigenvalue weighted by molar-refractivity contribution is 0.252. The summed E-state index contributed by atoms with van der Waals surface area (Å²) in [5.41, 5.74) is 0.338. The van der Waals surface area contributed by atoms with Gasteiger partial charge in [0.15, 0.2) is 5.75 Å². The van der Waals surface area contributed by atoms with Gasteiger partial charge >= 0.3 is 10.4 Å². The smallest absolute Gasteiger partial charge is 0.397 e. The van der Waals surface area contributed by atoms with Gasteiger partial charge in [-0.2, -0.15) is 8.42 Å². The second-order valence-electron chi connectivity index (χ2n) is 7.68. The number of hydrogen-bond acceptors (Lipinski definition) is 11. The first-order valence-corrected chi connectivity index (χ1v) is 12.9. The maximum absolute atomic E-state index is 11.0. The summed E-state index contributed by atoms with van der Waals surface area (Å²) in [5.74, 6) is -0.285. The Morgan fingerprint density at radius 1 is 0.943 bits per heavy atom. The number of hydrogen-bond donors (Lipinski definition) is 5. The van der Waals surface area contributed by atoms with Crippen LogP contribution in [0.5, 0.6) is 17.2 Å². The van der Waals surface area contributed by atoms with E-state index >= 15 is 0 Å². The molecule has 2 atom stereocenters. The van der Waals surface area contributed by atoms with Crippen molar-refractivity contribution in [2.75, 3.05) is 14.2 Å². The number of phenols is 1. The summed E-state index contributed by atoms with van der Waals surface area (Å²) in [4.78, 5) is -0.414. The highest BCUT2D eigenvalue weighted by molar-refractivity contribution is 8.19. The molecule has 12 nitrogen and oxygen atoms in total. The predicted molar refractivity (Wildman–Crippen MR) is 127 cm³/mol. The molecule has 0 spiro atoms. The highest BCUT2D eigenvalue weighted by Crippen LogP contribution is 2.55. The van der Waals surface area contributed by atoms with E-state index < -0.39 is 38.0 Å². The van der Waals surface area contributed by atoms with Gasteiger partial charge in [0.1, 0.15) is 33.7 Å². The zero-order valence-electron chi connectivity index (χ0n) is 18.4. The third-order valence-electron chi connectivity index (χ3n) is 5.42. The van der Waals surface area contributed by atoms with Crippen LogP contribution in [0.25, 0.3) is 10.8 Å². The molecule has 188 valence electrons. The summed E-state index contributed by atoms with van der Waals surface area (Å²) in [6.07, 6.45) is -0.439. The van der Waals surface area contributed by atoms with Crippen molar-refractivity contribution >= 4 is 43.4 Å². The van der Waals surface area contributed by atoms with Crippen molar-refractivity contribution < 1.29 is 45.4 Å². The Balaban J connectivity index is 1.76. The average Bonchev–Trinajstić information content (AvgIpc) is 3.54. The summed E-state index contributed by atoms with van der Waals surface area (Å²) in [7, 11) is -6.11. The van der Waals surface area contributed by atoms with E-state index in [9.17, 15) is 27.2 Å². The van der Waals surface area contributed by atoms with Crippen LogP contribution in [0.1, 0.15) is 17.9 Å². The molecule has 3 aromatic carbocycles. The summed E-state index contributed by atoms with van der Waals surface area (Å²) >= 11 is 0. The largest absolute Gasteiger partial charge is 0.505 e. The van der Waals surface area contributed by atoms with Gasteiger partial charge in [-0.05, 0) is 23.9 Å². The maximum atomic E-state index is 11.0. The molecular weight excluding hydrogens is 504 g/mol. The molecule has 0 bridgehead atoms. The quantitative estimate of drug-likeness (QED) is 0.192. The van der Waals surface area contributed by atoms with E-state index in [1.807, 2.05) is 0 Å². The lowest BCUT2D eigenvalue weighted by Gasteiger charge is -2.22. The molecule has 14 heteroatoms. The normalized spacial score (nSPS) is 18.7. The Hall–Kier alpha value is -2.98. The number of fused-ring (bicyclic) bond motifs is 1. The van der Waals surface area contributed by atoms with Crippen LogP contribution in [0.15, 0.2) is 57.6 Å². The third-order valence-corrected chi connectivity index (χ3v) is 6.81. The van der Waals surface area contributed by atoms with Crippen LogP contribution in [-0.2, 0) is 14.6 Å². The van der Waals surface area contributed by atoms with Gasteiger partial charge < -0.3 is 28.2 Å². The standard InChI is InChI=1S/C21H22N2O10S2/c1-31-16-10-15(18(32-2)9-13(16)14-8-17(14)33-35(28,29)30)22-23-20-19(34(25,26)27)7-11-5-3-4-6-12(11)21(20)24/h3-7,9-10,14,17,24-27H,8H2,1-2H3,(H,28,29,30). The Morgan fingerprint density at radius 2 is 1.63 bits per heavy atom. The minimum Gasteiger partial charge on any atom is -0.505 e. The molecule has 0 aliphatic heterocycles. The van der Waals surface area contributed by atoms with Gasteiger partial charge in [-0.3, -0.25) is 4.55 Å². The van der Waals surface area contributed by atoms with Crippen molar-refractivity contribution in [1.29, 1.82) is 0 Å². The van der Waals surface area contributed by atoms with E-state index in [1.165, 1.54) is 26.4 Å². The predicted octanol–water partition coefficient (Wildman–Crippen LogP) is 5.24. The summed E-state index contributed by atoms with van der Waals surface area (Å²) in [6, 6.07) is 10.9. The molecule has 0 radical (unpaired) electrons. The maximum Gasteiger partial charge on any atom is 0.397 e. The fourth-order valence-corrected chi connectivity index (χ4v) is 4.94. The molecule has 1 saturated carbocycles. The first-order valence-electron chi connectivity index (χ1n) is 10.0. The second-order valence-corrected chi connectivity index (χ2v) is 10.2. The van der Waals surface area contributed by atoms with Crippen LogP contribution >= 0.6 is 10.9 Å². The molecule has 0 heterocycles. The number of methoxy groups -OCH3 is 2. The number of phenolic OH excluding ortho intramolecular Hbond substituents is 1. The van der Waals surface area contributed by atoms with Gasteiger partial charge in [-0.25, -0.2) is 4.18 Å². The topological polar surface area (TPSA) is 188 Å². The summed E-state index contributed by atoms with van der Waals surface area (Å²) < 4.78 is 76.0. The van der Waals surface area contributed by atoms with Crippen molar-refractivity contribution in [1.82, 2.24) is 0 Å². The summed E-state index contributed by atoms with van der Waals surface area (Å²) in [6.45, 7) is 0. The lowest BCUT2D eigenvalue weighted by atomic mass is 10.1. The molecule has 5 N–H and O–H groups in total. The fraction of sp³-hybridized carbons (Fsp3) is 0.238. The zero-order valence-corrected chi connectivity index (χ0v) is 20.0. The van der Waals surface area contributed by atoms with E-state index in [4.69, 9.17) is 14.0 Å². The number of ether oxygens (including phenoxy) is 2. The molecule has 0 amide bonds. The second kappa shape index (κ2) is 9.23.